The first-order valence-corrected chi connectivity index (χ1v) is 11.9. The Labute approximate surface area is 183 Å². The monoisotopic (exact) mass is 438 g/mol. The minimum absolute atomic E-state index is 0.258. The zero-order valence-corrected chi connectivity index (χ0v) is 18.5. The van der Waals surface area contributed by atoms with Crippen LogP contribution in [-0.4, -0.2) is 41.3 Å². The van der Waals surface area contributed by atoms with E-state index in [1.807, 2.05) is 18.3 Å². The fourth-order valence-corrected chi connectivity index (χ4v) is 5.63. The molecule has 2 aromatic heterocycles. The molecule has 0 saturated carbocycles. The van der Waals surface area contributed by atoms with E-state index in [4.69, 9.17) is 9.72 Å². The quantitative estimate of drug-likeness (QED) is 0.554. The van der Waals surface area contributed by atoms with E-state index in [0.29, 0.717) is 12.3 Å². The topological polar surface area (TPSA) is 85.3 Å². The van der Waals surface area contributed by atoms with Gasteiger partial charge in [-0.25, -0.2) is 18.4 Å². The van der Waals surface area contributed by atoms with E-state index >= 15 is 0 Å². The van der Waals surface area contributed by atoms with Crippen LogP contribution in [0.4, 0.5) is 0 Å². The van der Waals surface area contributed by atoms with Gasteiger partial charge in [0.25, 0.3) is 0 Å². The van der Waals surface area contributed by atoms with Gasteiger partial charge in [0, 0.05) is 37.1 Å². The molecule has 1 aliphatic heterocycles. The number of methoxy groups -OCH3 is 1. The number of nitrogens with zero attached hydrogens (tertiary/aromatic N) is 4. The number of ether oxygens (including phenoxy) is 1. The van der Waals surface area contributed by atoms with Gasteiger partial charge in [0.15, 0.2) is 0 Å². The average molecular weight is 439 g/mol. The van der Waals surface area contributed by atoms with Crippen LogP contribution in [0, 0.1) is 0 Å². The minimum Gasteiger partial charge on any atom is -0.497 e. The van der Waals surface area contributed by atoms with Gasteiger partial charge in [-0.1, -0.05) is 6.92 Å². The van der Waals surface area contributed by atoms with Crippen LogP contribution in [0.5, 0.6) is 5.75 Å². The fourth-order valence-electron chi connectivity index (χ4n) is 3.97. The molecule has 1 saturated heterocycles. The lowest BCUT2D eigenvalue weighted by molar-refractivity contribution is 0.389. The van der Waals surface area contributed by atoms with E-state index in [1.54, 1.807) is 48.1 Å². The Hall–Kier alpha value is -2.84. The Morgan fingerprint density at radius 2 is 1.87 bits per heavy atom. The van der Waals surface area contributed by atoms with Gasteiger partial charge in [-0.3, -0.25) is 4.98 Å². The molecule has 1 fully saturated rings. The van der Waals surface area contributed by atoms with Crippen molar-refractivity contribution in [3.05, 3.63) is 66.5 Å². The summed E-state index contributed by atoms with van der Waals surface area (Å²) in [6.45, 7) is 2.54. The predicted molar refractivity (Wildman–Crippen MR) is 118 cm³/mol. The molecule has 0 radical (unpaired) electrons. The maximum Gasteiger partial charge on any atom is 0.243 e. The van der Waals surface area contributed by atoms with Crippen LogP contribution >= 0.6 is 0 Å². The second-order valence-corrected chi connectivity index (χ2v) is 9.41. The number of pyridine rings is 1. The summed E-state index contributed by atoms with van der Waals surface area (Å²) in [6, 6.07) is 9.99. The molecule has 3 heterocycles. The van der Waals surface area contributed by atoms with Crippen molar-refractivity contribution in [1.82, 2.24) is 19.3 Å². The highest BCUT2D eigenvalue weighted by Crippen LogP contribution is 2.39. The van der Waals surface area contributed by atoms with Crippen LogP contribution in [0.3, 0.4) is 0 Å². The zero-order chi connectivity index (χ0) is 21.8. The van der Waals surface area contributed by atoms with E-state index in [-0.39, 0.29) is 10.9 Å². The number of hydrogen-bond acceptors (Lipinski definition) is 6. The summed E-state index contributed by atoms with van der Waals surface area (Å²) in [5.41, 5.74) is 2.55. The normalized spacial score (nSPS) is 17.0. The summed E-state index contributed by atoms with van der Waals surface area (Å²) < 4.78 is 33.8. The molecule has 0 bridgehead atoms. The summed E-state index contributed by atoms with van der Waals surface area (Å²) >= 11 is 0. The van der Waals surface area contributed by atoms with Gasteiger partial charge in [-0.05, 0) is 61.2 Å². The van der Waals surface area contributed by atoms with Crippen LogP contribution in [0.1, 0.15) is 43.7 Å². The Bertz CT molecular complexity index is 1140. The summed E-state index contributed by atoms with van der Waals surface area (Å²) in [5.74, 6) is 1.36. The first-order chi connectivity index (χ1) is 15.0. The fraction of sp³-hybridized carbons (Fsp3) is 0.348. The standard InChI is InChI=1S/C23H26N4O3S/c1-3-5-22-25-16-20(17-11-13-24-14-12-17)23(26-22)21-6-4-15-27(21)31(28,29)19-9-7-18(30-2)8-10-19/h7-14,16,21H,3-6,15H2,1-2H3/t21-/m0/s1. The summed E-state index contributed by atoms with van der Waals surface area (Å²) in [4.78, 5) is 13.7. The van der Waals surface area contributed by atoms with Crippen molar-refractivity contribution in [1.29, 1.82) is 0 Å². The Balaban J connectivity index is 1.77. The summed E-state index contributed by atoms with van der Waals surface area (Å²) in [6.07, 6.45) is 8.44. The lowest BCUT2D eigenvalue weighted by atomic mass is 10.0. The Kier molecular flexibility index (Phi) is 6.29. The number of rotatable bonds is 7. The molecular formula is C23H26N4O3S. The SMILES string of the molecule is CCCc1ncc(-c2ccncc2)c([C@@H]2CCCN2S(=O)(=O)c2ccc(OC)cc2)n1. The molecule has 0 N–H and O–H groups in total. The van der Waals surface area contributed by atoms with Gasteiger partial charge in [0.2, 0.25) is 10.0 Å². The highest BCUT2D eigenvalue weighted by molar-refractivity contribution is 7.89. The maximum atomic E-state index is 13.5. The molecule has 31 heavy (non-hydrogen) atoms. The van der Waals surface area contributed by atoms with E-state index in [9.17, 15) is 8.42 Å². The molecule has 4 rings (SSSR count). The van der Waals surface area contributed by atoms with Gasteiger partial charge in [0.05, 0.1) is 23.7 Å². The molecule has 0 spiro atoms. The largest absolute Gasteiger partial charge is 0.497 e. The second-order valence-electron chi connectivity index (χ2n) is 7.52. The van der Waals surface area contributed by atoms with Crippen molar-refractivity contribution in [3.8, 4) is 16.9 Å². The molecule has 8 heteroatoms. The molecular weight excluding hydrogens is 412 g/mol. The van der Waals surface area contributed by atoms with Crippen molar-refractivity contribution in [2.75, 3.05) is 13.7 Å². The number of aryl methyl sites for hydroxylation is 1. The van der Waals surface area contributed by atoms with Crippen molar-refractivity contribution in [2.45, 2.75) is 43.5 Å². The first kappa shape index (κ1) is 21.4. The van der Waals surface area contributed by atoms with Gasteiger partial charge >= 0.3 is 0 Å². The van der Waals surface area contributed by atoms with Crippen molar-refractivity contribution in [2.24, 2.45) is 0 Å². The molecule has 0 aliphatic carbocycles. The maximum absolute atomic E-state index is 13.5. The number of aromatic nitrogens is 3. The van der Waals surface area contributed by atoms with Gasteiger partial charge in [0.1, 0.15) is 11.6 Å². The molecule has 1 atom stereocenters. The van der Waals surface area contributed by atoms with Crippen molar-refractivity contribution in [3.63, 3.8) is 0 Å². The lowest BCUT2D eigenvalue weighted by Gasteiger charge is -2.25. The molecule has 0 unspecified atom stereocenters. The van der Waals surface area contributed by atoms with Crippen LogP contribution in [0.25, 0.3) is 11.1 Å². The smallest absolute Gasteiger partial charge is 0.243 e. The molecule has 7 nitrogen and oxygen atoms in total. The van der Waals surface area contributed by atoms with Crippen LogP contribution in [0.2, 0.25) is 0 Å². The number of sulfonamides is 1. The molecule has 162 valence electrons. The van der Waals surface area contributed by atoms with Crippen LogP contribution in [-0.2, 0) is 16.4 Å². The lowest BCUT2D eigenvalue weighted by Crippen LogP contribution is -2.31. The average Bonchev–Trinajstić information content (AvgIpc) is 3.31. The minimum atomic E-state index is -3.68. The molecule has 3 aromatic rings. The van der Waals surface area contributed by atoms with E-state index in [1.165, 1.54) is 0 Å². The van der Waals surface area contributed by atoms with Crippen molar-refractivity contribution < 1.29 is 13.2 Å². The highest BCUT2D eigenvalue weighted by Gasteiger charge is 2.38. The van der Waals surface area contributed by atoms with Gasteiger partial charge in [-0.15, -0.1) is 0 Å². The zero-order valence-electron chi connectivity index (χ0n) is 17.7. The number of benzene rings is 1. The van der Waals surface area contributed by atoms with Crippen LogP contribution in [0.15, 0.2) is 59.9 Å². The second kappa shape index (κ2) is 9.11. The van der Waals surface area contributed by atoms with Crippen molar-refractivity contribution >= 4 is 10.0 Å². The Morgan fingerprint density at radius 1 is 1.13 bits per heavy atom. The molecule has 0 amide bonds. The third kappa shape index (κ3) is 4.31. The van der Waals surface area contributed by atoms with Gasteiger partial charge < -0.3 is 4.74 Å². The highest BCUT2D eigenvalue weighted by atomic mass is 32.2. The molecule has 1 aromatic carbocycles. The third-order valence-electron chi connectivity index (χ3n) is 5.52. The Morgan fingerprint density at radius 3 is 2.55 bits per heavy atom. The predicted octanol–water partition coefficient (Wildman–Crippen LogP) is 4.03. The molecule has 1 aliphatic rings. The summed E-state index contributed by atoms with van der Waals surface area (Å²) in [7, 11) is -2.12. The van der Waals surface area contributed by atoms with E-state index < -0.39 is 10.0 Å². The van der Waals surface area contributed by atoms with E-state index in [0.717, 1.165) is 48.3 Å². The first-order valence-electron chi connectivity index (χ1n) is 10.5. The summed E-state index contributed by atoms with van der Waals surface area (Å²) in [5, 5.41) is 0. The van der Waals surface area contributed by atoms with Crippen LogP contribution < -0.4 is 4.74 Å². The number of hydrogen-bond donors (Lipinski definition) is 0. The van der Waals surface area contributed by atoms with Gasteiger partial charge in [-0.2, -0.15) is 4.31 Å². The third-order valence-corrected chi connectivity index (χ3v) is 7.44. The van der Waals surface area contributed by atoms with E-state index in [2.05, 4.69) is 16.9 Å².